The van der Waals surface area contributed by atoms with Gasteiger partial charge in [-0.3, -0.25) is 0 Å². The number of benzene rings is 2. The molecule has 0 radical (unpaired) electrons. The van der Waals surface area contributed by atoms with Crippen molar-refractivity contribution in [2.24, 2.45) is 0 Å². The monoisotopic (exact) mass is 322 g/mol. The maximum Gasteiger partial charge on any atom is 0.250 e. The van der Waals surface area contributed by atoms with Gasteiger partial charge in [0.2, 0.25) is 5.89 Å². The van der Waals surface area contributed by atoms with Crippen molar-refractivity contribution in [1.82, 2.24) is 10.2 Å². The van der Waals surface area contributed by atoms with E-state index in [4.69, 9.17) is 14.9 Å². The predicted molar refractivity (Wildman–Crippen MR) is 84.0 cm³/mol. The first-order valence-electron chi connectivity index (χ1n) is 6.93. The lowest BCUT2D eigenvalue weighted by Crippen LogP contribution is -1.92. The number of nitriles is 4. The zero-order valence-corrected chi connectivity index (χ0v) is 12.6. The van der Waals surface area contributed by atoms with Crippen LogP contribution in [0.2, 0.25) is 0 Å². The number of nitrogens with zero attached hydrogens (tertiary/aromatic N) is 6. The molecule has 3 rings (SSSR count). The van der Waals surface area contributed by atoms with E-state index in [1.807, 2.05) is 24.3 Å². The minimum absolute atomic E-state index is 0.0111. The van der Waals surface area contributed by atoms with Gasteiger partial charge in [-0.05, 0) is 36.4 Å². The Morgan fingerprint density at radius 3 is 1.76 bits per heavy atom. The van der Waals surface area contributed by atoms with Crippen molar-refractivity contribution >= 4 is 0 Å². The highest BCUT2D eigenvalue weighted by Crippen LogP contribution is 2.30. The number of hydrogen-bond acceptors (Lipinski definition) is 7. The minimum Gasteiger partial charge on any atom is -0.416 e. The molecule has 7 heteroatoms. The third-order valence-electron chi connectivity index (χ3n) is 3.41. The second-order valence-electron chi connectivity index (χ2n) is 4.88. The lowest BCUT2D eigenvalue weighted by Gasteiger charge is -2.02. The van der Waals surface area contributed by atoms with Gasteiger partial charge in [-0.25, -0.2) is 0 Å². The van der Waals surface area contributed by atoms with Gasteiger partial charge >= 0.3 is 0 Å². The number of hydrogen-bond donors (Lipinski definition) is 0. The number of aromatic nitrogens is 2. The molecule has 114 valence electrons. The van der Waals surface area contributed by atoms with E-state index < -0.39 is 0 Å². The highest BCUT2D eigenvalue weighted by molar-refractivity contribution is 5.73. The summed E-state index contributed by atoms with van der Waals surface area (Å²) >= 11 is 0. The molecule has 25 heavy (non-hydrogen) atoms. The van der Waals surface area contributed by atoms with Crippen LogP contribution in [0.15, 0.2) is 40.8 Å². The molecular weight excluding hydrogens is 316 g/mol. The van der Waals surface area contributed by atoms with E-state index in [2.05, 4.69) is 10.2 Å². The van der Waals surface area contributed by atoms with Crippen LogP contribution in [0.25, 0.3) is 22.9 Å². The zero-order valence-electron chi connectivity index (χ0n) is 12.6. The molecule has 0 aliphatic rings. The molecule has 0 N–H and O–H groups in total. The van der Waals surface area contributed by atoms with E-state index in [0.717, 1.165) is 0 Å². The van der Waals surface area contributed by atoms with E-state index in [1.165, 1.54) is 12.1 Å². The summed E-state index contributed by atoms with van der Waals surface area (Å²) in [6, 6.07) is 17.1. The molecule has 0 bridgehead atoms. The van der Waals surface area contributed by atoms with Crippen LogP contribution in [0.4, 0.5) is 0 Å². The molecule has 2 aromatic carbocycles. The van der Waals surface area contributed by atoms with E-state index in [-0.39, 0.29) is 34.0 Å². The first-order valence-corrected chi connectivity index (χ1v) is 6.93. The Morgan fingerprint density at radius 2 is 1.24 bits per heavy atom. The Bertz CT molecular complexity index is 1100. The number of rotatable bonds is 2. The summed E-state index contributed by atoms with van der Waals surface area (Å²) in [4.78, 5) is 0. The summed E-state index contributed by atoms with van der Waals surface area (Å²) in [5.41, 5.74) is 1.69. The highest BCUT2D eigenvalue weighted by Gasteiger charge is 2.19. The van der Waals surface area contributed by atoms with Crippen molar-refractivity contribution < 1.29 is 4.42 Å². The molecule has 0 spiro atoms. The van der Waals surface area contributed by atoms with E-state index in [1.54, 1.807) is 24.3 Å². The summed E-state index contributed by atoms with van der Waals surface area (Å²) in [6.07, 6.45) is 0. The maximum absolute atomic E-state index is 9.31. The van der Waals surface area contributed by atoms with Crippen molar-refractivity contribution in [1.29, 1.82) is 21.0 Å². The molecule has 0 amide bonds. The summed E-state index contributed by atoms with van der Waals surface area (Å²) in [6.45, 7) is 0. The van der Waals surface area contributed by atoms with Gasteiger partial charge in [0.05, 0.1) is 40.0 Å². The van der Waals surface area contributed by atoms with Crippen molar-refractivity contribution in [2.45, 2.75) is 0 Å². The molecule has 0 aliphatic heterocycles. The predicted octanol–water partition coefficient (Wildman–Crippen LogP) is 2.89. The standard InChI is InChI=1S/C18H6N6O/c19-7-11-1-3-13(4-2-11)17-23-24-18(25-17)16-14(9-21)5-12(8-20)6-15(16)10-22/h1-6H. The fraction of sp³-hybridized carbons (Fsp3) is 0. The van der Waals surface area contributed by atoms with Crippen LogP contribution in [-0.2, 0) is 0 Å². The Kier molecular flexibility index (Phi) is 3.92. The van der Waals surface area contributed by atoms with E-state index in [0.29, 0.717) is 11.1 Å². The fourth-order valence-corrected chi connectivity index (χ4v) is 2.24. The lowest BCUT2D eigenvalue weighted by molar-refractivity contribution is 0.584. The molecule has 0 aliphatic carbocycles. The van der Waals surface area contributed by atoms with Crippen LogP contribution in [0.3, 0.4) is 0 Å². The average Bonchev–Trinajstić information content (AvgIpc) is 3.16. The third kappa shape index (κ3) is 2.78. The fourth-order valence-electron chi connectivity index (χ4n) is 2.24. The van der Waals surface area contributed by atoms with Crippen molar-refractivity contribution in [3.8, 4) is 47.2 Å². The molecule has 0 atom stereocenters. The van der Waals surface area contributed by atoms with Crippen molar-refractivity contribution in [2.75, 3.05) is 0 Å². The van der Waals surface area contributed by atoms with Crippen LogP contribution in [0, 0.1) is 45.3 Å². The third-order valence-corrected chi connectivity index (χ3v) is 3.41. The van der Waals surface area contributed by atoms with Crippen molar-refractivity contribution in [3.05, 3.63) is 58.7 Å². The molecule has 7 nitrogen and oxygen atoms in total. The van der Waals surface area contributed by atoms with Crippen LogP contribution >= 0.6 is 0 Å². The zero-order chi connectivity index (χ0) is 17.8. The molecule has 0 saturated carbocycles. The van der Waals surface area contributed by atoms with Gasteiger partial charge in [-0.2, -0.15) is 21.0 Å². The van der Waals surface area contributed by atoms with E-state index in [9.17, 15) is 10.5 Å². The highest BCUT2D eigenvalue weighted by atomic mass is 16.4. The van der Waals surface area contributed by atoms with Gasteiger partial charge < -0.3 is 4.42 Å². The summed E-state index contributed by atoms with van der Waals surface area (Å²) in [7, 11) is 0. The second-order valence-corrected chi connectivity index (χ2v) is 4.88. The summed E-state index contributed by atoms with van der Waals surface area (Å²) in [5.74, 6) is 0.202. The van der Waals surface area contributed by atoms with Crippen molar-refractivity contribution in [3.63, 3.8) is 0 Å². The van der Waals surface area contributed by atoms with Gasteiger partial charge in [0.15, 0.2) is 0 Å². The van der Waals surface area contributed by atoms with Gasteiger partial charge in [0.25, 0.3) is 5.89 Å². The maximum atomic E-state index is 9.31. The van der Waals surface area contributed by atoms with E-state index >= 15 is 0 Å². The second kappa shape index (κ2) is 6.34. The first-order chi connectivity index (χ1) is 12.2. The quantitative estimate of drug-likeness (QED) is 0.707. The minimum atomic E-state index is 0.0111. The smallest absolute Gasteiger partial charge is 0.250 e. The van der Waals surface area contributed by atoms with Gasteiger partial charge in [-0.1, -0.05) is 0 Å². The van der Waals surface area contributed by atoms with Crippen LogP contribution < -0.4 is 0 Å². The topological polar surface area (TPSA) is 134 Å². The Hall–Kier alpha value is -4.46. The normalized spacial score (nSPS) is 9.44. The van der Waals surface area contributed by atoms with Crippen LogP contribution in [-0.4, -0.2) is 10.2 Å². The summed E-state index contributed by atoms with van der Waals surface area (Å²) in [5, 5.41) is 44.3. The molecule has 1 aromatic heterocycles. The summed E-state index contributed by atoms with van der Waals surface area (Å²) < 4.78 is 5.60. The Balaban J connectivity index is 2.12. The molecule has 0 unspecified atom stereocenters. The largest absolute Gasteiger partial charge is 0.416 e. The van der Waals surface area contributed by atoms with Gasteiger partial charge in [-0.15, -0.1) is 10.2 Å². The molecule has 1 heterocycles. The molecule has 0 saturated heterocycles. The first kappa shape index (κ1) is 15.4. The molecule has 3 aromatic rings. The van der Waals surface area contributed by atoms with Crippen LogP contribution in [0.1, 0.15) is 22.3 Å². The molecular formula is C18H6N6O. The Labute approximate surface area is 142 Å². The van der Waals surface area contributed by atoms with Gasteiger partial charge in [0.1, 0.15) is 12.1 Å². The SMILES string of the molecule is N#Cc1ccc(-c2nnc(-c3c(C#N)cc(C#N)cc3C#N)o2)cc1. The Morgan fingerprint density at radius 1 is 0.680 bits per heavy atom. The van der Waals surface area contributed by atoms with Crippen LogP contribution in [0.5, 0.6) is 0 Å². The van der Waals surface area contributed by atoms with Gasteiger partial charge in [0, 0.05) is 5.56 Å². The molecule has 0 fully saturated rings. The lowest BCUT2D eigenvalue weighted by atomic mass is 9.99. The average molecular weight is 322 g/mol.